The second-order valence-electron chi connectivity index (χ2n) is 5.82. The van der Waals surface area contributed by atoms with Crippen LogP contribution in [0.2, 0.25) is 0 Å². The van der Waals surface area contributed by atoms with E-state index in [-0.39, 0.29) is 17.5 Å². The standard InChI is InChI=1S/C12H21N3O/c1-8-11(16)13-7-12(14-8)5-9-3-4-10(6-12)15(9)2/h8-10,14H,3-7H2,1-2H3,(H,13,16)/t8-,9?,10?,12?/m0/s1. The van der Waals surface area contributed by atoms with E-state index in [0.717, 1.165) is 6.54 Å². The predicted molar refractivity (Wildman–Crippen MR) is 62.1 cm³/mol. The van der Waals surface area contributed by atoms with Gasteiger partial charge in [-0.15, -0.1) is 0 Å². The molecule has 3 aliphatic rings. The number of nitrogens with zero attached hydrogens (tertiary/aromatic N) is 1. The first-order chi connectivity index (χ1) is 7.60. The van der Waals surface area contributed by atoms with Gasteiger partial charge >= 0.3 is 0 Å². The first-order valence-corrected chi connectivity index (χ1v) is 6.37. The smallest absolute Gasteiger partial charge is 0.236 e. The molecule has 2 unspecified atom stereocenters. The third-order valence-corrected chi connectivity index (χ3v) is 4.75. The molecule has 2 N–H and O–H groups in total. The van der Waals surface area contributed by atoms with Gasteiger partial charge < -0.3 is 10.2 Å². The number of nitrogens with one attached hydrogen (secondary N) is 2. The van der Waals surface area contributed by atoms with Crippen LogP contribution in [0.15, 0.2) is 0 Å². The van der Waals surface area contributed by atoms with Crippen LogP contribution in [0.25, 0.3) is 0 Å². The number of piperidine rings is 1. The molecule has 0 aliphatic carbocycles. The predicted octanol–water partition coefficient (Wildman–Crippen LogP) is 0.0897. The van der Waals surface area contributed by atoms with Crippen molar-refractivity contribution in [2.24, 2.45) is 0 Å². The Kier molecular flexibility index (Phi) is 2.27. The van der Waals surface area contributed by atoms with Crippen LogP contribution in [-0.4, -0.2) is 48.1 Å². The van der Waals surface area contributed by atoms with E-state index in [1.807, 2.05) is 6.92 Å². The van der Waals surface area contributed by atoms with Gasteiger partial charge in [-0.2, -0.15) is 0 Å². The van der Waals surface area contributed by atoms with Crippen LogP contribution in [0.3, 0.4) is 0 Å². The molecule has 4 nitrogen and oxygen atoms in total. The van der Waals surface area contributed by atoms with Crippen molar-refractivity contribution < 1.29 is 4.79 Å². The SMILES string of the molecule is C[C@@H]1NC2(CNC1=O)CC1CCC(C2)N1C. The number of hydrogen-bond acceptors (Lipinski definition) is 3. The molecule has 3 rings (SSSR count). The second kappa shape index (κ2) is 3.44. The van der Waals surface area contributed by atoms with Gasteiger partial charge in [-0.25, -0.2) is 0 Å². The van der Waals surface area contributed by atoms with E-state index < -0.39 is 0 Å². The highest BCUT2D eigenvalue weighted by molar-refractivity contribution is 5.82. The lowest BCUT2D eigenvalue weighted by molar-refractivity contribution is -0.126. The summed E-state index contributed by atoms with van der Waals surface area (Å²) >= 11 is 0. The minimum atomic E-state index is -0.0310. The van der Waals surface area contributed by atoms with Gasteiger partial charge in [0.05, 0.1) is 6.04 Å². The van der Waals surface area contributed by atoms with E-state index in [9.17, 15) is 4.79 Å². The molecule has 0 aromatic heterocycles. The molecule has 3 atom stereocenters. The van der Waals surface area contributed by atoms with Crippen LogP contribution in [0, 0.1) is 0 Å². The Bertz CT molecular complexity index is 303. The van der Waals surface area contributed by atoms with Gasteiger partial charge in [0.2, 0.25) is 5.91 Å². The average molecular weight is 223 g/mol. The van der Waals surface area contributed by atoms with Gasteiger partial charge in [-0.05, 0) is 39.7 Å². The lowest BCUT2D eigenvalue weighted by Crippen LogP contribution is -2.69. The Labute approximate surface area is 96.8 Å². The molecule has 3 aliphatic heterocycles. The van der Waals surface area contributed by atoms with Crippen molar-refractivity contribution >= 4 is 5.91 Å². The molecule has 90 valence electrons. The summed E-state index contributed by atoms with van der Waals surface area (Å²) in [5, 5.41) is 6.62. The Morgan fingerprint density at radius 2 is 1.94 bits per heavy atom. The Morgan fingerprint density at radius 1 is 1.31 bits per heavy atom. The summed E-state index contributed by atoms with van der Waals surface area (Å²) in [6, 6.07) is 1.40. The molecule has 0 aromatic carbocycles. The minimum Gasteiger partial charge on any atom is -0.353 e. The molecule has 0 saturated carbocycles. The highest BCUT2D eigenvalue weighted by Gasteiger charge is 2.49. The molecule has 2 bridgehead atoms. The fourth-order valence-corrected chi connectivity index (χ4v) is 3.82. The summed E-state index contributed by atoms with van der Waals surface area (Å²) in [6.07, 6.45) is 5.02. The lowest BCUT2D eigenvalue weighted by Gasteiger charge is -2.49. The fraction of sp³-hybridized carbons (Fsp3) is 0.917. The van der Waals surface area contributed by atoms with E-state index >= 15 is 0 Å². The fourth-order valence-electron chi connectivity index (χ4n) is 3.82. The number of carbonyl (C=O) groups excluding carboxylic acids is 1. The van der Waals surface area contributed by atoms with Gasteiger partial charge in [-0.1, -0.05) is 0 Å². The molecular weight excluding hydrogens is 202 g/mol. The maximum absolute atomic E-state index is 11.5. The third kappa shape index (κ3) is 1.47. The molecule has 4 heteroatoms. The van der Waals surface area contributed by atoms with Gasteiger partial charge in [0, 0.05) is 24.2 Å². The van der Waals surface area contributed by atoms with Crippen molar-refractivity contribution in [1.29, 1.82) is 0 Å². The summed E-state index contributed by atoms with van der Waals surface area (Å²) in [5.74, 6) is 0.150. The van der Waals surface area contributed by atoms with Crippen molar-refractivity contribution in [3.8, 4) is 0 Å². The van der Waals surface area contributed by atoms with Crippen molar-refractivity contribution in [2.45, 2.75) is 56.3 Å². The third-order valence-electron chi connectivity index (χ3n) is 4.75. The van der Waals surface area contributed by atoms with Crippen molar-refractivity contribution in [1.82, 2.24) is 15.5 Å². The quantitative estimate of drug-likeness (QED) is 0.612. The maximum Gasteiger partial charge on any atom is 0.236 e. The summed E-state index contributed by atoms with van der Waals surface area (Å²) < 4.78 is 0. The molecule has 1 amide bonds. The number of carbonyl (C=O) groups is 1. The van der Waals surface area contributed by atoms with Gasteiger partial charge in [0.25, 0.3) is 0 Å². The molecule has 3 heterocycles. The topological polar surface area (TPSA) is 44.4 Å². The average Bonchev–Trinajstić information content (AvgIpc) is 2.51. The zero-order chi connectivity index (χ0) is 11.3. The molecule has 0 aromatic rings. The van der Waals surface area contributed by atoms with E-state index in [1.165, 1.54) is 25.7 Å². The van der Waals surface area contributed by atoms with E-state index in [2.05, 4.69) is 22.6 Å². The number of amides is 1. The highest BCUT2D eigenvalue weighted by atomic mass is 16.2. The van der Waals surface area contributed by atoms with Crippen LogP contribution in [0.1, 0.15) is 32.6 Å². The zero-order valence-electron chi connectivity index (χ0n) is 10.1. The monoisotopic (exact) mass is 223 g/mol. The van der Waals surface area contributed by atoms with Crippen LogP contribution >= 0.6 is 0 Å². The summed E-state index contributed by atoms with van der Waals surface area (Å²) in [6.45, 7) is 2.79. The van der Waals surface area contributed by atoms with E-state index in [0.29, 0.717) is 12.1 Å². The van der Waals surface area contributed by atoms with Gasteiger partial charge in [0.1, 0.15) is 0 Å². The zero-order valence-corrected chi connectivity index (χ0v) is 10.1. The van der Waals surface area contributed by atoms with Crippen molar-refractivity contribution in [2.75, 3.05) is 13.6 Å². The van der Waals surface area contributed by atoms with Crippen molar-refractivity contribution in [3.63, 3.8) is 0 Å². The molecular formula is C12H21N3O. The van der Waals surface area contributed by atoms with Crippen molar-refractivity contribution in [3.05, 3.63) is 0 Å². The summed E-state index contributed by atoms with van der Waals surface area (Å²) in [7, 11) is 2.25. The molecule has 3 saturated heterocycles. The minimum absolute atomic E-state index is 0.0310. The lowest BCUT2D eigenvalue weighted by atomic mass is 9.81. The first kappa shape index (κ1) is 10.5. The van der Waals surface area contributed by atoms with Gasteiger partial charge in [0.15, 0.2) is 0 Å². The summed E-state index contributed by atoms with van der Waals surface area (Å²) in [4.78, 5) is 14.0. The molecule has 3 fully saturated rings. The summed E-state index contributed by atoms with van der Waals surface area (Å²) in [5.41, 5.74) is 0.172. The Balaban J connectivity index is 1.78. The van der Waals surface area contributed by atoms with Crippen LogP contribution in [-0.2, 0) is 4.79 Å². The van der Waals surface area contributed by atoms with Crippen LogP contribution in [0.5, 0.6) is 0 Å². The normalized spacial score (nSPS) is 48.4. The van der Waals surface area contributed by atoms with Gasteiger partial charge in [-0.3, -0.25) is 10.1 Å². The Hall–Kier alpha value is -0.610. The van der Waals surface area contributed by atoms with E-state index in [1.54, 1.807) is 0 Å². The first-order valence-electron chi connectivity index (χ1n) is 6.37. The molecule has 0 radical (unpaired) electrons. The number of fused-ring (bicyclic) bond motifs is 2. The molecule has 16 heavy (non-hydrogen) atoms. The maximum atomic E-state index is 11.5. The van der Waals surface area contributed by atoms with Crippen LogP contribution in [0.4, 0.5) is 0 Å². The highest BCUT2D eigenvalue weighted by Crippen LogP contribution is 2.40. The van der Waals surface area contributed by atoms with E-state index in [4.69, 9.17) is 0 Å². The Morgan fingerprint density at radius 3 is 2.50 bits per heavy atom. The number of rotatable bonds is 0. The van der Waals surface area contributed by atoms with Crippen LogP contribution < -0.4 is 10.6 Å². The largest absolute Gasteiger partial charge is 0.353 e. The number of hydrogen-bond donors (Lipinski definition) is 2. The molecule has 1 spiro atoms. The second-order valence-corrected chi connectivity index (χ2v) is 5.82. The number of piperazine rings is 1.